The van der Waals surface area contributed by atoms with Crippen LogP contribution < -0.4 is 0 Å². The highest BCUT2D eigenvalue weighted by molar-refractivity contribution is 5.96. The van der Waals surface area contributed by atoms with Gasteiger partial charge in [-0.3, -0.25) is 4.79 Å². The maximum atomic E-state index is 12.6. The van der Waals surface area contributed by atoms with Crippen molar-refractivity contribution in [3.05, 3.63) is 35.4 Å². The summed E-state index contributed by atoms with van der Waals surface area (Å²) in [6.07, 6.45) is 0.925. The van der Waals surface area contributed by atoms with Gasteiger partial charge in [0.1, 0.15) is 6.61 Å². The van der Waals surface area contributed by atoms with Crippen LogP contribution in [-0.4, -0.2) is 35.1 Å². The van der Waals surface area contributed by atoms with Gasteiger partial charge >= 0.3 is 0 Å². The number of carbonyl (C=O) groups is 1. The summed E-state index contributed by atoms with van der Waals surface area (Å²) in [7, 11) is 0. The van der Waals surface area contributed by atoms with E-state index in [0.717, 1.165) is 13.0 Å². The maximum Gasteiger partial charge on any atom is 0.255 e. The van der Waals surface area contributed by atoms with Gasteiger partial charge in [-0.25, -0.2) is 0 Å². The van der Waals surface area contributed by atoms with E-state index < -0.39 is 0 Å². The third-order valence-corrected chi connectivity index (χ3v) is 2.81. The zero-order valence-electron chi connectivity index (χ0n) is 11.8. The van der Waals surface area contributed by atoms with E-state index in [4.69, 9.17) is 5.11 Å². The molecule has 1 rings (SSSR count). The Morgan fingerprint density at radius 3 is 2.63 bits per heavy atom. The van der Waals surface area contributed by atoms with Crippen LogP contribution in [0.3, 0.4) is 0 Å². The van der Waals surface area contributed by atoms with E-state index in [0.29, 0.717) is 11.1 Å². The van der Waals surface area contributed by atoms with E-state index in [2.05, 4.69) is 18.8 Å². The average Bonchev–Trinajstić information content (AvgIpc) is 2.41. The Labute approximate surface area is 115 Å². The summed E-state index contributed by atoms with van der Waals surface area (Å²) in [6, 6.07) is 7.43. The van der Waals surface area contributed by atoms with Gasteiger partial charge in [-0.1, -0.05) is 30.9 Å². The zero-order valence-corrected chi connectivity index (χ0v) is 11.8. The van der Waals surface area contributed by atoms with Gasteiger partial charge in [0.15, 0.2) is 0 Å². The van der Waals surface area contributed by atoms with E-state index in [9.17, 15) is 4.79 Å². The minimum atomic E-state index is -0.203. The summed E-state index contributed by atoms with van der Waals surface area (Å²) in [5.74, 6) is 5.43. The van der Waals surface area contributed by atoms with Gasteiger partial charge in [0.25, 0.3) is 5.91 Å². The summed E-state index contributed by atoms with van der Waals surface area (Å²) in [5, 5.41) is 8.77. The van der Waals surface area contributed by atoms with Crippen LogP contribution in [0.5, 0.6) is 0 Å². The molecule has 0 radical (unpaired) electrons. The second kappa shape index (κ2) is 7.60. The van der Waals surface area contributed by atoms with E-state index in [1.54, 1.807) is 12.1 Å². The molecule has 1 aromatic rings. The van der Waals surface area contributed by atoms with E-state index >= 15 is 0 Å². The minimum absolute atomic E-state index is 0.000287. The molecule has 0 unspecified atom stereocenters. The molecule has 0 saturated heterocycles. The second-order valence-corrected chi connectivity index (χ2v) is 4.60. The van der Waals surface area contributed by atoms with Crippen LogP contribution in [0.15, 0.2) is 24.3 Å². The summed E-state index contributed by atoms with van der Waals surface area (Å²) in [5.41, 5.74) is 1.27. The van der Waals surface area contributed by atoms with E-state index in [-0.39, 0.29) is 18.6 Å². The van der Waals surface area contributed by atoms with Crippen molar-refractivity contribution in [1.82, 2.24) is 4.90 Å². The molecule has 3 heteroatoms. The van der Waals surface area contributed by atoms with Crippen LogP contribution in [0.2, 0.25) is 0 Å². The molecule has 0 saturated carbocycles. The largest absolute Gasteiger partial charge is 0.384 e. The van der Waals surface area contributed by atoms with Crippen LogP contribution in [0.1, 0.15) is 43.1 Å². The van der Waals surface area contributed by atoms with Gasteiger partial charge in [-0.05, 0) is 32.4 Å². The molecule has 102 valence electrons. The van der Waals surface area contributed by atoms with Crippen LogP contribution in [-0.2, 0) is 0 Å². The molecule has 1 amide bonds. The van der Waals surface area contributed by atoms with Crippen molar-refractivity contribution >= 4 is 5.91 Å². The first-order chi connectivity index (χ1) is 9.11. The quantitative estimate of drug-likeness (QED) is 0.843. The average molecular weight is 259 g/mol. The third kappa shape index (κ3) is 4.11. The number of aliphatic hydroxyl groups is 1. The molecule has 0 heterocycles. The number of amides is 1. The van der Waals surface area contributed by atoms with Crippen molar-refractivity contribution < 1.29 is 9.90 Å². The lowest BCUT2D eigenvalue weighted by Gasteiger charge is -2.26. The van der Waals surface area contributed by atoms with Crippen molar-refractivity contribution in [2.45, 2.75) is 33.2 Å². The van der Waals surface area contributed by atoms with Crippen molar-refractivity contribution in [1.29, 1.82) is 0 Å². The molecule has 0 atom stereocenters. The predicted octanol–water partition coefficient (Wildman–Crippen LogP) is 2.29. The number of aliphatic hydroxyl groups excluding tert-OH is 1. The second-order valence-electron chi connectivity index (χ2n) is 4.60. The molecule has 0 aliphatic rings. The van der Waals surface area contributed by atoms with Crippen LogP contribution in [0.25, 0.3) is 0 Å². The van der Waals surface area contributed by atoms with Crippen molar-refractivity contribution in [3.8, 4) is 11.8 Å². The number of rotatable bonds is 4. The van der Waals surface area contributed by atoms with Crippen molar-refractivity contribution in [3.63, 3.8) is 0 Å². The Hall–Kier alpha value is -1.79. The first-order valence-corrected chi connectivity index (χ1v) is 6.61. The smallest absolute Gasteiger partial charge is 0.255 e. The van der Waals surface area contributed by atoms with Crippen LogP contribution in [0, 0.1) is 11.8 Å². The third-order valence-electron chi connectivity index (χ3n) is 2.81. The first kappa shape index (κ1) is 15.3. The topological polar surface area (TPSA) is 40.5 Å². The number of hydrogen-bond acceptors (Lipinski definition) is 2. The van der Waals surface area contributed by atoms with Gasteiger partial charge in [0.2, 0.25) is 0 Å². The molecule has 1 N–H and O–H groups in total. The summed E-state index contributed by atoms with van der Waals surface area (Å²) in [4.78, 5) is 14.4. The van der Waals surface area contributed by atoms with Gasteiger partial charge in [-0.2, -0.15) is 0 Å². The summed E-state index contributed by atoms with van der Waals surface area (Å²) >= 11 is 0. The van der Waals surface area contributed by atoms with Crippen LogP contribution >= 0.6 is 0 Å². The highest BCUT2D eigenvalue weighted by atomic mass is 16.2. The Bertz CT molecular complexity index is 483. The monoisotopic (exact) mass is 259 g/mol. The Kier molecular flexibility index (Phi) is 6.11. The normalized spacial score (nSPS) is 9.95. The highest BCUT2D eigenvalue weighted by Gasteiger charge is 2.19. The standard InChI is InChI=1S/C16H21NO2/c1-4-11-17(13(2)3)16(19)15-10-6-5-8-14(15)9-7-12-18/h5-6,8,10,13,18H,4,11-12H2,1-3H3. The fourth-order valence-electron chi connectivity index (χ4n) is 1.90. The molecule has 0 bridgehead atoms. The molecule has 0 aliphatic heterocycles. The maximum absolute atomic E-state index is 12.6. The molecular formula is C16H21NO2. The fourth-order valence-corrected chi connectivity index (χ4v) is 1.90. The van der Waals surface area contributed by atoms with Crippen molar-refractivity contribution in [2.75, 3.05) is 13.2 Å². The van der Waals surface area contributed by atoms with Gasteiger partial charge in [0, 0.05) is 18.2 Å². The van der Waals surface area contributed by atoms with E-state index in [1.165, 1.54) is 0 Å². The molecule has 0 aromatic heterocycles. The highest BCUT2D eigenvalue weighted by Crippen LogP contribution is 2.13. The predicted molar refractivity (Wildman–Crippen MR) is 76.9 cm³/mol. The number of benzene rings is 1. The van der Waals surface area contributed by atoms with Crippen LogP contribution in [0.4, 0.5) is 0 Å². The Balaban J connectivity index is 3.10. The molecule has 0 fully saturated rings. The first-order valence-electron chi connectivity index (χ1n) is 6.61. The summed E-state index contributed by atoms with van der Waals surface area (Å²) < 4.78 is 0. The Morgan fingerprint density at radius 1 is 1.37 bits per heavy atom. The molecule has 19 heavy (non-hydrogen) atoms. The van der Waals surface area contributed by atoms with Gasteiger partial charge in [0.05, 0.1) is 5.56 Å². The number of hydrogen-bond donors (Lipinski definition) is 1. The number of nitrogens with zero attached hydrogens (tertiary/aromatic N) is 1. The lowest BCUT2D eigenvalue weighted by atomic mass is 10.1. The molecular weight excluding hydrogens is 238 g/mol. The number of carbonyl (C=O) groups excluding carboxylic acids is 1. The lowest BCUT2D eigenvalue weighted by Crippen LogP contribution is -2.37. The van der Waals surface area contributed by atoms with Gasteiger partial charge < -0.3 is 10.0 Å². The lowest BCUT2D eigenvalue weighted by molar-refractivity contribution is 0.0705. The molecule has 1 aromatic carbocycles. The fraction of sp³-hybridized carbons (Fsp3) is 0.438. The molecule has 3 nitrogen and oxygen atoms in total. The minimum Gasteiger partial charge on any atom is -0.384 e. The SMILES string of the molecule is CCCN(C(=O)c1ccccc1C#CCO)C(C)C. The van der Waals surface area contributed by atoms with Gasteiger partial charge in [-0.15, -0.1) is 0 Å². The zero-order chi connectivity index (χ0) is 14.3. The molecule has 0 spiro atoms. The molecule has 0 aliphatic carbocycles. The summed E-state index contributed by atoms with van der Waals surface area (Å²) in [6.45, 7) is 6.61. The Morgan fingerprint density at radius 2 is 2.05 bits per heavy atom. The van der Waals surface area contributed by atoms with E-state index in [1.807, 2.05) is 30.9 Å². The van der Waals surface area contributed by atoms with Crippen molar-refractivity contribution in [2.24, 2.45) is 0 Å².